The minimum Gasteiger partial charge on any atom is -0.367 e. The SMILES string of the molecule is CC(=O)N1CCN(c2ccc(C(=O)CCc3cnc(-c4ccnc(C(F)(F)F)c4)c(F)c3)nc2)CC1. The van der Waals surface area contributed by atoms with Crippen molar-refractivity contribution in [2.45, 2.75) is 25.9 Å². The first-order chi connectivity index (χ1) is 17.1. The van der Waals surface area contributed by atoms with Gasteiger partial charge in [-0.15, -0.1) is 0 Å². The molecule has 0 saturated carbocycles. The maximum atomic E-state index is 14.6. The minimum atomic E-state index is -4.65. The first-order valence-electron chi connectivity index (χ1n) is 11.3. The number of hydrogen-bond donors (Lipinski definition) is 0. The molecule has 0 aromatic carbocycles. The summed E-state index contributed by atoms with van der Waals surface area (Å²) in [6.45, 7) is 4.17. The van der Waals surface area contributed by atoms with E-state index in [1.807, 2.05) is 6.07 Å². The predicted molar refractivity (Wildman–Crippen MR) is 124 cm³/mol. The number of hydrogen-bond acceptors (Lipinski definition) is 6. The second-order valence-electron chi connectivity index (χ2n) is 8.42. The molecule has 0 aliphatic carbocycles. The Bertz CT molecular complexity index is 1260. The fraction of sp³-hybridized carbons (Fsp3) is 0.320. The van der Waals surface area contributed by atoms with Crippen LogP contribution in [0.15, 0.2) is 48.9 Å². The van der Waals surface area contributed by atoms with Gasteiger partial charge in [-0.3, -0.25) is 24.5 Å². The highest BCUT2D eigenvalue weighted by molar-refractivity contribution is 5.94. The van der Waals surface area contributed by atoms with Gasteiger partial charge in [-0.2, -0.15) is 13.2 Å². The van der Waals surface area contributed by atoms with Gasteiger partial charge in [-0.1, -0.05) is 0 Å². The molecule has 1 fully saturated rings. The number of amides is 1. The first-order valence-corrected chi connectivity index (χ1v) is 11.3. The van der Waals surface area contributed by atoms with Crippen molar-refractivity contribution >= 4 is 17.4 Å². The van der Waals surface area contributed by atoms with E-state index in [0.29, 0.717) is 31.7 Å². The van der Waals surface area contributed by atoms with Gasteiger partial charge in [0.1, 0.15) is 22.9 Å². The fourth-order valence-electron chi connectivity index (χ4n) is 3.96. The number of halogens is 4. The van der Waals surface area contributed by atoms with E-state index in [4.69, 9.17) is 0 Å². The molecule has 0 unspecified atom stereocenters. The van der Waals surface area contributed by atoms with Crippen LogP contribution < -0.4 is 4.90 Å². The number of pyridine rings is 3. The Kier molecular flexibility index (Phi) is 7.27. The molecule has 0 radical (unpaired) electrons. The molecule has 188 valence electrons. The van der Waals surface area contributed by atoms with E-state index in [0.717, 1.165) is 18.0 Å². The topological polar surface area (TPSA) is 79.3 Å². The molecule has 11 heteroatoms. The summed E-state index contributed by atoms with van der Waals surface area (Å²) in [6.07, 6.45) is -0.464. The first kappa shape index (κ1) is 25.2. The third kappa shape index (κ3) is 5.84. The number of carbonyl (C=O) groups is 2. The van der Waals surface area contributed by atoms with Crippen LogP contribution in [0, 0.1) is 5.82 Å². The van der Waals surface area contributed by atoms with Gasteiger partial charge in [0.15, 0.2) is 5.78 Å². The number of Topliss-reactive ketones (excluding diaryl/α,β-unsaturated/α-hetero) is 1. The maximum absolute atomic E-state index is 14.6. The van der Waals surface area contributed by atoms with Crippen LogP contribution in [0.3, 0.4) is 0 Å². The van der Waals surface area contributed by atoms with E-state index in [1.54, 1.807) is 24.1 Å². The van der Waals surface area contributed by atoms with Gasteiger partial charge < -0.3 is 9.80 Å². The zero-order valence-corrected chi connectivity index (χ0v) is 19.4. The molecule has 1 aliphatic rings. The number of carbonyl (C=O) groups excluding carboxylic acids is 2. The van der Waals surface area contributed by atoms with Crippen molar-refractivity contribution in [3.05, 3.63) is 71.7 Å². The molecule has 7 nitrogen and oxygen atoms in total. The van der Waals surface area contributed by atoms with Gasteiger partial charge in [-0.05, 0) is 42.3 Å². The average molecular weight is 501 g/mol. The van der Waals surface area contributed by atoms with Crippen molar-refractivity contribution < 1.29 is 27.2 Å². The number of aryl methyl sites for hydroxylation is 1. The number of aromatic nitrogens is 3. The lowest BCUT2D eigenvalue weighted by Gasteiger charge is -2.35. The second kappa shape index (κ2) is 10.4. The standard InChI is InChI=1S/C25H23F4N5O2/c1-16(35)33-8-10-34(11-9-33)19-3-4-21(31-15-19)22(36)5-2-17-12-20(26)24(32-14-17)18-6-7-30-23(13-18)25(27,28)29/h3-4,6-7,12-15H,2,5,8-11H2,1H3. The summed E-state index contributed by atoms with van der Waals surface area (Å²) in [6, 6.07) is 6.61. The van der Waals surface area contributed by atoms with Crippen molar-refractivity contribution in [2.75, 3.05) is 31.1 Å². The predicted octanol–water partition coefficient (Wildman–Crippen LogP) is 4.18. The number of nitrogens with zero attached hydrogens (tertiary/aromatic N) is 5. The Hall–Kier alpha value is -3.89. The van der Waals surface area contributed by atoms with Crippen LogP contribution in [-0.2, 0) is 17.4 Å². The summed E-state index contributed by atoms with van der Waals surface area (Å²) in [5.41, 5.74) is 0.190. The Balaban J connectivity index is 1.36. The third-order valence-electron chi connectivity index (χ3n) is 5.99. The van der Waals surface area contributed by atoms with Gasteiger partial charge >= 0.3 is 6.18 Å². The van der Waals surface area contributed by atoms with Crippen molar-refractivity contribution in [3.63, 3.8) is 0 Å². The van der Waals surface area contributed by atoms with Crippen molar-refractivity contribution in [1.29, 1.82) is 0 Å². The highest BCUT2D eigenvalue weighted by Crippen LogP contribution is 2.30. The zero-order chi connectivity index (χ0) is 25.9. The molecular formula is C25H23F4N5O2. The highest BCUT2D eigenvalue weighted by Gasteiger charge is 2.32. The smallest absolute Gasteiger partial charge is 0.367 e. The molecule has 1 amide bonds. The normalized spacial score (nSPS) is 14.1. The lowest BCUT2D eigenvalue weighted by atomic mass is 10.1. The van der Waals surface area contributed by atoms with Gasteiger partial charge in [0.05, 0.1) is 11.9 Å². The molecule has 0 spiro atoms. The number of piperazine rings is 1. The van der Waals surface area contributed by atoms with Crippen LogP contribution in [0.4, 0.5) is 23.2 Å². The largest absolute Gasteiger partial charge is 0.433 e. The molecule has 4 rings (SSSR count). The molecule has 0 atom stereocenters. The molecule has 0 N–H and O–H groups in total. The van der Waals surface area contributed by atoms with Gasteiger partial charge in [0.2, 0.25) is 5.91 Å². The van der Waals surface area contributed by atoms with Crippen molar-refractivity contribution in [1.82, 2.24) is 19.9 Å². The lowest BCUT2D eigenvalue weighted by Crippen LogP contribution is -2.48. The number of anilines is 1. The van der Waals surface area contributed by atoms with Crippen LogP contribution in [0.1, 0.15) is 35.1 Å². The van der Waals surface area contributed by atoms with Gasteiger partial charge in [-0.25, -0.2) is 4.39 Å². The van der Waals surface area contributed by atoms with E-state index >= 15 is 0 Å². The van der Waals surface area contributed by atoms with E-state index in [-0.39, 0.29) is 41.5 Å². The number of rotatable bonds is 6. The molecule has 4 heterocycles. The van der Waals surface area contributed by atoms with Crippen LogP contribution in [0.5, 0.6) is 0 Å². The molecule has 1 aliphatic heterocycles. The lowest BCUT2D eigenvalue weighted by molar-refractivity contribution is -0.141. The van der Waals surface area contributed by atoms with Crippen LogP contribution in [0.2, 0.25) is 0 Å². The van der Waals surface area contributed by atoms with Crippen LogP contribution in [0.25, 0.3) is 11.3 Å². The van der Waals surface area contributed by atoms with E-state index in [9.17, 15) is 27.2 Å². The fourth-order valence-corrected chi connectivity index (χ4v) is 3.96. The monoisotopic (exact) mass is 501 g/mol. The molecule has 1 saturated heterocycles. The Morgan fingerprint density at radius 3 is 2.33 bits per heavy atom. The molecule has 0 bridgehead atoms. The van der Waals surface area contributed by atoms with Crippen LogP contribution in [-0.4, -0.2) is 57.7 Å². The summed E-state index contributed by atoms with van der Waals surface area (Å²) in [7, 11) is 0. The van der Waals surface area contributed by atoms with Crippen molar-refractivity contribution in [3.8, 4) is 11.3 Å². The summed E-state index contributed by atoms with van der Waals surface area (Å²) in [5.74, 6) is -0.964. The molecule has 36 heavy (non-hydrogen) atoms. The minimum absolute atomic E-state index is 0.0375. The van der Waals surface area contributed by atoms with E-state index < -0.39 is 17.7 Å². The number of alkyl halides is 3. The van der Waals surface area contributed by atoms with E-state index in [1.165, 1.54) is 18.3 Å². The summed E-state index contributed by atoms with van der Waals surface area (Å²) in [4.78, 5) is 39.4. The molecular weight excluding hydrogens is 478 g/mol. The average Bonchev–Trinajstić information content (AvgIpc) is 2.87. The highest BCUT2D eigenvalue weighted by atomic mass is 19.4. The quantitative estimate of drug-likeness (QED) is 0.373. The van der Waals surface area contributed by atoms with E-state index in [2.05, 4.69) is 19.9 Å². The summed E-state index contributed by atoms with van der Waals surface area (Å²) in [5, 5.41) is 0. The van der Waals surface area contributed by atoms with Crippen molar-refractivity contribution in [2.24, 2.45) is 0 Å². The zero-order valence-electron chi connectivity index (χ0n) is 19.4. The second-order valence-corrected chi connectivity index (χ2v) is 8.42. The summed E-state index contributed by atoms with van der Waals surface area (Å²) < 4.78 is 53.3. The third-order valence-corrected chi connectivity index (χ3v) is 5.99. The molecule has 3 aromatic rings. The van der Waals surface area contributed by atoms with Gasteiger partial charge in [0, 0.05) is 57.5 Å². The Morgan fingerprint density at radius 2 is 1.72 bits per heavy atom. The number of ketones is 1. The van der Waals surface area contributed by atoms with Gasteiger partial charge in [0.25, 0.3) is 0 Å². The Labute approximate surface area is 204 Å². The maximum Gasteiger partial charge on any atom is 0.433 e. The Morgan fingerprint density at radius 1 is 0.972 bits per heavy atom. The molecule has 3 aromatic heterocycles. The van der Waals surface area contributed by atoms with Crippen LogP contribution >= 0.6 is 0 Å². The summed E-state index contributed by atoms with van der Waals surface area (Å²) >= 11 is 0.